The molecule has 2 bridgehead atoms. The first kappa shape index (κ1) is 26.2. The molecule has 2 heterocycles. The van der Waals surface area contributed by atoms with Gasteiger partial charge in [0.15, 0.2) is 5.82 Å². The van der Waals surface area contributed by atoms with Gasteiger partial charge in [-0.2, -0.15) is 4.98 Å². The molecule has 1 saturated carbocycles. The fraction of sp³-hybridized carbons (Fsp3) is 0.481. The quantitative estimate of drug-likeness (QED) is 0.429. The van der Waals surface area contributed by atoms with Crippen LogP contribution in [0, 0.1) is 17.8 Å². The van der Waals surface area contributed by atoms with Crippen molar-refractivity contribution in [1.82, 2.24) is 14.9 Å². The number of rotatable bonds is 8. The summed E-state index contributed by atoms with van der Waals surface area (Å²) in [5.41, 5.74) is 2.45. The Morgan fingerprint density at radius 3 is 2.74 bits per heavy atom. The first-order valence-corrected chi connectivity index (χ1v) is 13.3. The van der Waals surface area contributed by atoms with E-state index in [2.05, 4.69) is 26.7 Å². The van der Waals surface area contributed by atoms with Gasteiger partial charge in [0.2, 0.25) is 11.9 Å². The number of amides is 1. The molecule has 2 aliphatic carbocycles. The molecule has 11 heteroatoms. The minimum Gasteiger partial charge on any atom is -0.494 e. The monoisotopic (exact) mass is 540 g/mol. The molecule has 1 fully saturated rings. The summed E-state index contributed by atoms with van der Waals surface area (Å²) >= 11 is 6.42. The van der Waals surface area contributed by atoms with E-state index in [1.54, 1.807) is 7.11 Å². The van der Waals surface area contributed by atoms with Crippen LogP contribution in [-0.4, -0.2) is 71.7 Å². The van der Waals surface area contributed by atoms with Crippen LogP contribution in [0.3, 0.4) is 0 Å². The SMILES string of the molecule is CCN1C(=O)[C@@H](N(C)C)CCc2c1ccc(Nc1ncc(Cl)c(N[C@H]3[C@@H](C(=O)O)[C@@H]4C=C[C@H]3C4)n1)c2OC. The molecule has 2 aromatic rings. The summed E-state index contributed by atoms with van der Waals surface area (Å²) in [5.74, 6) is 0.148. The van der Waals surface area contributed by atoms with Crippen molar-refractivity contribution < 1.29 is 19.4 Å². The summed E-state index contributed by atoms with van der Waals surface area (Å²) in [5, 5.41) is 16.6. The standard InChI is InChI=1S/C27H33ClN6O4/c1-5-34-19-11-9-18(23(38-4)16(19)8-10-20(25(34)35)33(2)3)30-27-29-13-17(28)24(32-27)31-22-15-7-6-14(12-15)21(22)26(36)37/h6-7,9,11,13-15,20-22H,5,8,10,12H2,1-4H3,(H,36,37)(H2,29,30,31,32)/t14-,15+,20+,21+,22-/m1/s1. The summed E-state index contributed by atoms with van der Waals surface area (Å²) in [6, 6.07) is 3.27. The number of carbonyl (C=O) groups is 2. The van der Waals surface area contributed by atoms with Gasteiger partial charge in [-0.15, -0.1) is 0 Å². The molecule has 202 valence electrons. The second-order valence-electron chi connectivity index (χ2n) is 10.2. The number of aliphatic carboxylic acids is 1. The lowest BCUT2D eigenvalue weighted by Gasteiger charge is -2.28. The Morgan fingerprint density at radius 1 is 1.29 bits per heavy atom. The average molecular weight is 541 g/mol. The number of allylic oxidation sites excluding steroid dienone is 1. The van der Waals surface area contributed by atoms with Gasteiger partial charge in [-0.3, -0.25) is 14.5 Å². The summed E-state index contributed by atoms with van der Waals surface area (Å²) < 4.78 is 5.85. The van der Waals surface area contributed by atoms with Crippen molar-refractivity contribution in [3.8, 4) is 5.75 Å². The molecular formula is C27H33ClN6O4. The first-order valence-electron chi connectivity index (χ1n) is 12.9. The topological polar surface area (TPSA) is 120 Å². The van der Waals surface area contributed by atoms with Gasteiger partial charge in [-0.25, -0.2) is 4.98 Å². The van der Waals surface area contributed by atoms with Crippen LogP contribution in [0.4, 0.5) is 23.1 Å². The zero-order valence-electron chi connectivity index (χ0n) is 21.9. The zero-order chi connectivity index (χ0) is 27.1. The maximum atomic E-state index is 13.2. The highest BCUT2D eigenvalue weighted by Crippen LogP contribution is 2.46. The zero-order valence-corrected chi connectivity index (χ0v) is 22.7. The van der Waals surface area contributed by atoms with Crippen LogP contribution in [-0.2, 0) is 16.0 Å². The fourth-order valence-electron chi connectivity index (χ4n) is 6.11. The summed E-state index contributed by atoms with van der Waals surface area (Å²) in [6.45, 7) is 2.52. The van der Waals surface area contributed by atoms with Crippen molar-refractivity contribution in [1.29, 1.82) is 0 Å². The van der Waals surface area contributed by atoms with Crippen LogP contribution < -0.4 is 20.3 Å². The maximum Gasteiger partial charge on any atom is 0.309 e. The third-order valence-electron chi connectivity index (χ3n) is 7.93. The summed E-state index contributed by atoms with van der Waals surface area (Å²) in [6.07, 6.45) is 7.70. The number of nitrogens with one attached hydrogen (secondary N) is 2. The van der Waals surface area contributed by atoms with E-state index in [1.165, 1.54) is 6.20 Å². The molecule has 1 amide bonds. The van der Waals surface area contributed by atoms with E-state index >= 15 is 0 Å². The third kappa shape index (κ3) is 4.56. The number of aromatic nitrogens is 2. The van der Waals surface area contributed by atoms with Gasteiger partial charge in [-0.05, 0) is 64.3 Å². The number of hydrogen-bond acceptors (Lipinski definition) is 8. The molecule has 3 aliphatic rings. The second-order valence-corrected chi connectivity index (χ2v) is 10.6. The Hall–Kier alpha value is -3.37. The number of carboxylic acid groups (broad SMARTS) is 1. The maximum absolute atomic E-state index is 13.2. The number of nitrogens with zero attached hydrogens (tertiary/aromatic N) is 4. The number of likely N-dealkylation sites (N-methyl/N-ethyl adjacent to an activating group) is 2. The lowest BCUT2D eigenvalue weighted by atomic mass is 9.89. The second kappa shape index (κ2) is 10.4. The molecule has 0 saturated heterocycles. The predicted molar refractivity (Wildman–Crippen MR) is 146 cm³/mol. The number of halogens is 1. The van der Waals surface area contributed by atoms with Crippen molar-refractivity contribution in [2.24, 2.45) is 17.8 Å². The average Bonchev–Trinajstić information content (AvgIpc) is 3.45. The van der Waals surface area contributed by atoms with E-state index in [0.29, 0.717) is 47.6 Å². The van der Waals surface area contributed by atoms with Crippen molar-refractivity contribution in [2.45, 2.75) is 38.3 Å². The molecule has 5 atom stereocenters. The number of fused-ring (bicyclic) bond motifs is 3. The largest absolute Gasteiger partial charge is 0.494 e. The lowest BCUT2D eigenvalue weighted by molar-refractivity contribution is -0.142. The highest BCUT2D eigenvalue weighted by Gasteiger charge is 2.48. The van der Waals surface area contributed by atoms with Gasteiger partial charge >= 0.3 is 5.97 Å². The molecule has 3 N–H and O–H groups in total. The van der Waals surface area contributed by atoms with Gasteiger partial charge in [0, 0.05) is 18.2 Å². The van der Waals surface area contributed by atoms with Crippen LogP contribution in [0.1, 0.15) is 25.3 Å². The number of ether oxygens (including phenoxy) is 1. The first-order chi connectivity index (χ1) is 18.2. The van der Waals surface area contributed by atoms with Crippen molar-refractivity contribution in [3.63, 3.8) is 0 Å². The molecule has 5 rings (SSSR count). The van der Waals surface area contributed by atoms with Crippen LogP contribution >= 0.6 is 11.6 Å². The van der Waals surface area contributed by atoms with E-state index in [4.69, 9.17) is 16.3 Å². The molecule has 0 unspecified atom stereocenters. The Balaban J connectivity index is 1.44. The molecule has 1 aromatic heterocycles. The van der Waals surface area contributed by atoms with Crippen molar-refractivity contribution in [3.05, 3.63) is 41.1 Å². The molecule has 1 aliphatic heterocycles. The van der Waals surface area contributed by atoms with Gasteiger partial charge in [-0.1, -0.05) is 23.8 Å². The third-order valence-corrected chi connectivity index (χ3v) is 8.20. The highest BCUT2D eigenvalue weighted by molar-refractivity contribution is 6.32. The number of hydrogen-bond donors (Lipinski definition) is 3. The van der Waals surface area contributed by atoms with E-state index in [-0.39, 0.29) is 29.8 Å². The Labute approximate surface area is 227 Å². The van der Waals surface area contributed by atoms with Gasteiger partial charge < -0.3 is 25.4 Å². The van der Waals surface area contributed by atoms with Crippen LogP contribution in [0.15, 0.2) is 30.5 Å². The van der Waals surface area contributed by atoms with E-state index in [0.717, 1.165) is 17.7 Å². The number of methoxy groups -OCH3 is 1. The van der Waals surface area contributed by atoms with E-state index < -0.39 is 11.9 Å². The number of carboxylic acids is 1. The number of carbonyl (C=O) groups excluding carboxylic acids is 1. The van der Waals surface area contributed by atoms with Crippen LogP contribution in [0.2, 0.25) is 5.02 Å². The van der Waals surface area contributed by atoms with Crippen molar-refractivity contribution >= 4 is 46.6 Å². The Kier molecular flexibility index (Phi) is 7.19. The number of benzene rings is 1. The van der Waals surface area contributed by atoms with Gasteiger partial charge in [0.1, 0.15) is 10.8 Å². The molecule has 0 radical (unpaired) electrons. The lowest BCUT2D eigenvalue weighted by Crippen LogP contribution is -2.45. The van der Waals surface area contributed by atoms with E-state index in [9.17, 15) is 14.7 Å². The number of anilines is 4. The van der Waals surface area contributed by atoms with Gasteiger partial charge in [0.05, 0.1) is 36.6 Å². The normalized spacial score (nSPS) is 25.9. The summed E-state index contributed by atoms with van der Waals surface area (Å²) in [4.78, 5) is 37.8. The molecule has 10 nitrogen and oxygen atoms in total. The van der Waals surface area contributed by atoms with Crippen molar-refractivity contribution in [2.75, 3.05) is 43.3 Å². The Morgan fingerprint density at radius 2 is 2.05 bits per heavy atom. The molecule has 1 aromatic carbocycles. The van der Waals surface area contributed by atoms with Crippen LogP contribution in [0.25, 0.3) is 0 Å². The molecular weight excluding hydrogens is 508 g/mol. The molecule has 38 heavy (non-hydrogen) atoms. The minimum atomic E-state index is -0.825. The fourth-order valence-corrected chi connectivity index (χ4v) is 6.26. The molecule has 0 spiro atoms. The van der Waals surface area contributed by atoms with Gasteiger partial charge in [0.25, 0.3) is 0 Å². The highest BCUT2D eigenvalue weighted by atomic mass is 35.5. The minimum absolute atomic E-state index is 0.0127. The van der Waals surface area contributed by atoms with Crippen LogP contribution in [0.5, 0.6) is 5.75 Å². The van der Waals surface area contributed by atoms with E-state index in [1.807, 2.05) is 49.0 Å². The summed E-state index contributed by atoms with van der Waals surface area (Å²) in [7, 11) is 5.45. The Bertz CT molecular complexity index is 1280. The smallest absolute Gasteiger partial charge is 0.309 e. The predicted octanol–water partition coefficient (Wildman–Crippen LogP) is 3.80.